The standard InChI is InChI=1S/C14H12BrN3O2S/c15-11-3-6-13(17)14(9-11)21(19,20)18-12-4-1-10(2-5-12)7-8-16/h1-6,9,18H,7,17H2. The predicted molar refractivity (Wildman–Crippen MR) is 85.1 cm³/mol. The summed E-state index contributed by atoms with van der Waals surface area (Å²) in [4.78, 5) is 0.0120. The molecule has 0 atom stereocenters. The summed E-state index contributed by atoms with van der Waals surface area (Å²) in [5.74, 6) is 0. The number of hydrogen-bond acceptors (Lipinski definition) is 4. The lowest BCUT2D eigenvalue weighted by Gasteiger charge is -2.10. The highest BCUT2D eigenvalue weighted by atomic mass is 79.9. The van der Waals surface area contributed by atoms with Gasteiger partial charge in [0.1, 0.15) is 4.90 Å². The molecular formula is C14H12BrN3O2S. The van der Waals surface area contributed by atoms with Gasteiger partial charge in [0, 0.05) is 10.2 Å². The summed E-state index contributed by atoms with van der Waals surface area (Å²) in [7, 11) is -3.76. The highest BCUT2D eigenvalue weighted by Crippen LogP contribution is 2.25. The Labute approximate surface area is 131 Å². The molecule has 0 saturated carbocycles. The van der Waals surface area contributed by atoms with E-state index in [1.165, 1.54) is 12.1 Å². The van der Waals surface area contributed by atoms with Crippen molar-refractivity contribution in [2.75, 3.05) is 10.5 Å². The van der Waals surface area contributed by atoms with Gasteiger partial charge in [-0.05, 0) is 35.9 Å². The number of nitrogen functional groups attached to an aromatic ring is 1. The van der Waals surface area contributed by atoms with Gasteiger partial charge >= 0.3 is 0 Å². The van der Waals surface area contributed by atoms with E-state index in [0.29, 0.717) is 10.2 Å². The maximum atomic E-state index is 12.3. The van der Waals surface area contributed by atoms with Crippen LogP contribution in [0.5, 0.6) is 0 Å². The quantitative estimate of drug-likeness (QED) is 0.814. The van der Waals surface area contributed by atoms with Crippen LogP contribution in [0.4, 0.5) is 11.4 Å². The van der Waals surface area contributed by atoms with Crippen LogP contribution in [0.3, 0.4) is 0 Å². The van der Waals surface area contributed by atoms with Crippen LogP contribution in [0, 0.1) is 11.3 Å². The third-order valence-electron chi connectivity index (χ3n) is 2.75. The monoisotopic (exact) mass is 365 g/mol. The molecule has 0 spiro atoms. The summed E-state index contributed by atoms with van der Waals surface area (Å²) in [6.45, 7) is 0. The van der Waals surface area contributed by atoms with Crippen LogP contribution in [0.2, 0.25) is 0 Å². The molecule has 0 amide bonds. The van der Waals surface area contributed by atoms with E-state index in [2.05, 4.69) is 20.7 Å². The van der Waals surface area contributed by atoms with E-state index in [-0.39, 0.29) is 17.0 Å². The van der Waals surface area contributed by atoms with Gasteiger partial charge in [-0.25, -0.2) is 8.42 Å². The normalized spacial score (nSPS) is 10.9. The Morgan fingerprint density at radius 3 is 2.48 bits per heavy atom. The average molecular weight is 366 g/mol. The highest BCUT2D eigenvalue weighted by molar-refractivity contribution is 9.10. The highest BCUT2D eigenvalue weighted by Gasteiger charge is 2.18. The molecule has 21 heavy (non-hydrogen) atoms. The average Bonchev–Trinajstić information content (AvgIpc) is 2.43. The molecule has 0 aliphatic rings. The SMILES string of the molecule is N#CCc1ccc(NS(=O)(=O)c2cc(Br)ccc2N)cc1. The molecular weight excluding hydrogens is 354 g/mol. The summed E-state index contributed by atoms with van der Waals surface area (Å²) < 4.78 is 27.7. The number of nitriles is 1. The Hall–Kier alpha value is -2.04. The molecule has 0 aliphatic heterocycles. The third-order valence-corrected chi connectivity index (χ3v) is 4.68. The van der Waals surface area contributed by atoms with E-state index < -0.39 is 10.0 Å². The van der Waals surface area contributed by atoms with Gasteiger partial charge in [-0.3, -0.25) is 4.72 Å². The van der Waals surface area contributed by atoms with E-state index in [4.69, 9.17) is 11.0 Å². The molecule has 0 saturated heterocycles. The van der Waals surface area contributed by atoms with Gasteiger partial charge in [-0.1, -0.05) is 28.1 Å². The van der Waals surface area contributed by atoms with Gasteiger partial charge in [0.25, 0.3) is 10.0 Å². The number of nitrogens with two attached hydrogens (primary N) is 1. The minimum atomic E-state index is -3.76. The molecule has 0 aromatic heterocycles. The zero-order valence-electron chi connectivity index (χ0n) is 10.9. The Kier molecular flexibility index (Phi) is 4.50. The van der Waals surface area contributed by atoms with Crippen molar-refractivity contribution in [3.63, 3.8) is 0 Å². The van der Waals surface area contributed by atoms with E-state index in [0.717, 1.165) is 5.56 Å². The molecule has 2 aromatic rings. The smallest absolute Gasteiger partial charge is 0.263 e. The lowest BCUT2D eigenvalue weighted by molar-refractivity contribution is 0.601. The fourth-order valence-corrected chi connectivity index (χ4v) is 3.46. The van der Waals surface area contributed by atoms with Gasteiger partial charge < -0.3 is 5.73 Å². The maximum absolute atomic E-state index is 12.3. The lowest BCUT2D eigenvalue weighted by Crippen LogP contribution is -2.14. The second-order valence-corrected chi connectivity index (χ2v) is 6.89. The van der Waals surface area contributed by atoms with Gasteiger partial charge in [0.05, 0.1) is 18.2 Å². The minimum absolute atomic E-state index is 0.0120. The van der Waals surface area contributed by atoms with E-state index >= 15 is 0 Å². The molecule has 0 bridgehead atoms. The molecule has 7 heteroatoms. The number of nitrogens with one attached hydrogen (secondary N) is 1. The van der Waals surface area contributed by atoms with E-state index in [1.807, 2.05) is 6.07 Å². The van der Waals surface area contributed by atoms with Crippen molar-refractivity contribution in [1.29, 1.82) is 5.26 Å². The lowest BCUT2D eigenvalue weighted by atomic mass is 10.1. The summed E-state index contributed by atoms with van der Waals surface area (Å²) in [6.07, 6.45) is 0.283. The van der Waals surface area contributed by atoms with Crippen molar-refractivity contribution < 1.29 is 8.42 Å². The van der Waals surface area contributed by atoms with Crippen LogP contribution in [-0.2, 0) is 16.4 Å². The van der Waals surface area contributed by atoms with Crippen molar-refractivity contribution in [2.45, 2.75) is 11.3 Å². The first-order valence-electron chi connectivity index (χ1n) is 5.96. The van der Waals surface area contributed by atoms with Gasteiger partial charge in [-0.2, -0.15) is 5.26 Å². The first-order chi connectivity index (χ1) is 9.92. The zero-order chi connectivity index (χ0) is 15.5. The first-order valence-corrected chi connectivity index (χ1v) is 8.24. The number of sulfonamides is 1. The molecule has 108 valence electrons. The van der Waals surface area contributed by atoms with Crippen LogP contribution >= 0.6 is 15.9 Å². The summed E-state index contributed by atoms with van der Waals surface area (Å²) in [5.41, 5.74) is 7.12. The van der Waals surface area contributed by atoms with Crippen LogP contribution in [0.25, 0.3) is 0 Å². The van der Waals surface area contributed by atoms with Crippen molar-refractivity contribution in [3.05, 3.63) is 52.5 Å². The van der Waals surface area contributed by atoms with Crippen molar-refractivity contribution in [1.82, 2.24) is 0 Å². The van der Waals surface area contributed by atoms with Crippen LogP contribution in [0.15, 0.2) is 51.8 Å². The fourth-order valence-electron chi connectivity index (χ4n) is 1.73. The number of nitrogens with zero attached hydrogens (tertiary/aromatic N) is 1. The van der Waals surface area contributed by atoms with E-state index in [1.54, 1.807) is 30.3 Å². The topological polar surface area (TPSA) is 96.0 Å². The van der Waals surface area contributed by atoms with Gasteiger partial charge in [0.15, 0.2) is 0 Å². The molecule has 2 rings (SSSR count). The predicted octanol–water partition coefficient (Wildman–Crippen LogP) is 2.90. The molecule has 2 aromatic carbocycles. The van der Waals surface area contributed by atoms with Crippen LogP contribution in [-0.4, -0.2) is 8.42 Å². The van der Waals surface area contributed by atoms with Crippen molar-refractivity contribution in [3.8, 4) is 6.07 Å². The van der Waals surface area contributed by atoms with Crippen LogP contribution in [0.1, 0.15) is 5.56 Å². The maximum Gasteiger partial charge on any atom is 0.263 e. The molecule has 3 N–H and O–H groups in total. The second kappa shape index (κ2) is 6.16. The minimum Gasteiger partial charge on any atom is -0.398 e. The number of benzene rings is 2. The largest absolute Gasteiger partial charge is 0.398 e. The molecule has 0 fully saturated rings. The zero-order valence-corrected chi connectivity index (χ0v) is 13.3. The Balaban J connectivity index is 2.29. The third kappa shape index (κ3) is 3.74. The second-order valence-electron chi connectivity index (χ2n) is 4.32. The number of rotatable bonds is 4. The summed E-state index contributed by atoms with van der Waals surface area (Å²) >= 11 is 3.22. The summed E-state index contributed by atoms with van der Waals surface area (Å²) in [5, 5.41) is 8.60. The fraction of sp³-hybridized carbons (Fsp3) is 0.0714. The van der Waals surface area contributed by atoms with Crippen molar-refractivity contribution >= 4 is 37.3 Å². The molecule has 0 unspecified atom stereocenters. The molecule has 0 radical (unpaired) electrons. The van der Waals surface area contributed by atoms with Crippen molar-refractivity contribution in [2.24, 2.45) is 0 Å². The van der Waals surface area contributed by atoms with Gasteiger partial charge in [0.2, 0.25) is 0 Å². The first kappa shape index (κ1) is 15.4. The molecule has 0 aliphatic carbocycles. The molecule has 0 heterocycles. The van der Waals surface area contributed by atoms with E-state index in [9.17, 15) is 8.42 Å². The number of hydrogen-bond donors (Lipinski definition) is 2. The number of anilines is 2. The summed E-state index contributed by atoms with van der Waals surface area (Å²) in [6, 6.07) is 13.3. The van der Waals surface area contributed by atoms with Gasteiger partial charge in [-0.15, -0.1) is 0 Å². The van der Waals surface area contributed by atoms with Crippen LogP contribution < -0.4 is 10.5 Å². The number of halogens is 1. The molecule has 5 nitrogen and oxygen atoms in total. The Morgan fingerprint density at radius 2 is 1.86 bits per heavy atom. The Bertz CT molecular complexity index is 796. The Morgan fingerprint density at radius 1 is 1.19 bits per heavy atom.